The smallest absolute Gasteiger partial charge is 0.260 e. The van der Waals surface area contributed by atoms with E-state index in [-0.39, 0.29) is 24.4 Å². The van der Waals surface area contributed by atoms with Gasteiger partial charge in [0.2, 0.25) is 5.88 Å². The highest BCUT2D eigenvalue weighted by Crippen LogP contribution is 2.17. The normalized spacial score (nSPS) is 17.5. The Morgan fingerprint density at radius 3 is 2.95 bits per heavy atom. The van der Waals surface area contributed by atoms with E-state index in [0.717, 1.165) is 18.1 Å². The second-order valence-electron chi connectivity index (χ2n) is 4.86. The van der Waals surface area contributed by atoms with Crippen molar-refractivity contribution in [1.29, 1.82) is 0 Å². The number of likely N-dealkylation sites (tertiary alicyclic amines) is 1. The van der Waals surface area contributed by atoms with Crippen LogP contribution in [0.1, 0.15) is 6.42 Å². The molecular weight excluding hydrogens is 309 g/mol. The van der Waals surface area contributed by atoms with Crippen LogP contribution in [-0.2, 0) is 4.79 Å². The molecule has 1 saturated heterocycles. The van der Waals surface area contributed by atoms with Crippen molar-refractivity contribution in [1.82, 2.24) is 13.6 Å². The van der Waals surface area contributed by atoms with Crippen molar-refractivity contribution in [2.24, 2.45) is 0 Å². The Hall–Kier alpha value is -2.22. The first kappa shape index (κ1) is 14.7. The van der Waals surface area contributed by atoms with Crippen LogP contribution in [0.25, 0.3) is 0 Å². The minimum atomic E-state index is -0.338. The summed E-state index contributed by atoms with van der Waals surface area (Å²) in [5.74, 6) is 0.503. The highest BCUT2D eigenvalue weighted by Gasteiger charge is 2.28. The van der Waals surface area contributed by atoms with Crippen molar-refractivity contribution in [3.63, 3.8) is 0 Å². The standard InChI is InChI=1S/C14H14FN3O3S/c15-10-1-3-11(4-2-10)20-9-14(19)18-6-5-12(8-18)21-13-7-16-22-17-13/h1-4,7,12H,5-6,8-9H2. The molecule has 1 unspecified atom stereocenters. The van der Waals surface area contributed by atoms with E-state index >= 15 is 0 Å². The first-order valence-corrected chi connectivity index (χ1v) is 7.54. The van der Waals surface area contributed by atoms with Crippen LogP contribution in [0.5, 0.6) is 11.6 Å². The summed E-state index contributed by atoms with van der Waals surface area (Å²) in [4.78, 5) is 13.8. The molecule has 6 nitrogen and oxygen atoms in total. The average Bonchev–Trinajstić information content (AvgIpc) is 3.19. The van der Waals surface area contributed by atoms with Crippen molar-refractivity contribution in [2.75, 3.05) is 19.7 Å². The quantitative estimate of drug-likeness (QED) is 0.838. The third-order valence-corrected chi connectivity index (χ3v) is 3.76. The van der Waals surface area contributed by atoms with Crippen LogP contribution in [0.15, 0.2) is 30.5 Å². The summed E-state index contributed by atoms with van der Waals surface area (Å²) < 4.78 is 31.6. The van der Waals surface area contributed by atoms with Crippen molar-refractivity contribution in [2.45, 2.75) is 12.5 Å². The number of amides is 1. The number of benzene rings is 1. The summed E-state index contributed by atoms with van der Waals surface area (Å²) in [6, 6.07) is 5.57. The zero-order chi connectivity index (χ0) is 15.4. The van der Waals surface area contributed by atoms with Gasteiger partial charge in [-0.25, -0.2) is 4.39 Å². The fourth-order valence-electron chi connectivity index (χ4n) is 2.20. The van der Waals surface area contributed by atoms with Crippen molar-refractivity contribution < 1.29 is 18.7 Å². The van der Waals surface area contributed by atoms with Crippen molar-refractivity contribution in [3.05, 3.63) is 36.3 Å². The van der Waals surface area contributed by atoms with E-state index in [9.17, 15) is 9.18 Å². The molecule has 0 N–H and O–H groups in total. The van der Waals surface area contributed by atoms with Gasteiger partial charge in [0, 0.05) is 13.0 Å². The van der Waals surface area contributed by atoms with E-state index < -0.39 is 0 Å². The molecule has 1 aliphatic rings. The van der Waals surface area contributed by atoms with Gasteiger partial charge in [0.25, 0.3) is 5.91 Å². The zero-order valence-electron chi connectivity index (χ0n) is 11.6. The third kappa shape index (κ3) is 3.70. The van der Waals surface area contributed by atoms with Crippen LogP contribution in [-0.4, -0.2) is 45.4 Å². The van der Waals surface area contributed by atoms with E-state index in [1.807, 2.05) is 0 Å². The molecule has 0 spiro atoms. The Morgan fingerprint density at radius 2 is 2.23 bits per heavy atom. The van der Waals surface area contributed by atoms with Gasteiger partial charge in [0.15, 0.2) is 6.61 Å². The molecule has 0 aliphatic carbocycles. The lowest BCUT2D eigenvalue weighted by Gasteiger charge is -2.16. The predicted octanol–water partition coefficient (Wildman–Crippen LogP) is 1.74. The Morgan fingerprint density at radius 1 is 1.41 bits per heavy atom. The van der Waals surface area contributed by atoms with Gasteiger partial charge in [-0.1, -0.05) is 0 Å². The van der Waals surface area contributed by atoms with Gasteiger partial charge in [-0.15, -0.1) is 4.37 Å². The molecule has 0 radical (unpaired) electrons. The van der Waals surface area contributed by atoms with Gasteiger partial charge < -0.3 is 14.4 Å². The molecule has 1 fully saturated rings. The average molecular weight is 323 g/mol. The SMILES string of the molecule is O=C(COc1ccc(F)cc1)N1CCC(Oc2cnsn2)C1. The predicted molar refractivity (Wildman–Crippen MR) is 77.4 cm³/mol. The number of aromatic nitrogens is 2. The Bertz CT molecular complexity index is 621. The summed E-state index contributed by atoms with van der Waals surface area (Å²) >= 11 is 1.08. The number of carbonyl (C=O) groups excluding carboxylic acids is 1. The number of hydrogen-bond donors (Lipinski definition) is 0. The molecule has 2 heterocycles. The summed E-state index contributed by atoms with van der Waals surface area (Å²) in [5.41, 5.74) is 0. The summed E-state index contributed by atoms with van der Waals surface area (Å²) in [6.45, 7) is 1.05. The second kappa shape index (κ2) is 6.69. The van der Waals surface area contributed by atoms with Gasteiger partial charge in [-0.05, 0) is 24.3 Å². The molecule has 3 rings (SSSR count). The highest BCUT2D eigenvalue weighted by atomic mass is 32.1. The molecule has 2 aromatic rings. The van der Waals surface area contributed by atoms with E-state index in [1.54, 1.807) is 11.1 Å². The van der Waals surface area contributed by atoms with E-state index in [4.69, 9.17) is 9.47 Å². The molecule has 8 heteroatoms. The summed E-state index contributed by atoms with van der Waals surface area (Å²) in [6.07, 6.45) is 2.24. The van der Waals surface area contributed by atoms with Gasteiger partial charge >= 0.3 is 0 Å². The number of halogens is 1. The van der Waals surface area contributed by atoms with Gasteiger partial charge in [-0.3, -0.25) is 4.79 Å². The highest BCUT2D eigenvalue weighted by molar-refractivity contribution is 6.99. The lowest BCUT2D eigenvalue weighted by Crippen LogP contribution is -2.34. The molecular formula is C14H14FN3O3S. The molecule has 116 valence electrons. The number of hydrogen-bond acceptors (Lipinski definition) is 6. The fraction of sp³-hybridized carbons (Fsp3) is 0.357. The lowest BCUT2D eigenvalue weighted by molar-refractivity contribution is -0.132. The van der Waals surface area contributed by atoms with Crippen LogP contribution >= 0.6 is 11.7 Å². The Kier molecular flexibility index (Phi) is 4.47. The fourth-order valence-corrected chi connectivity index (χ4v) is 2.55. The third-order valence-electron chi connectivity index (χ3n) is 3.30. The number of rotatable bonds is 5. The van der Waals surface area contributed by atoms with Gasteiger partial charge in [-0.2, -0.15) is 4.37 Å². The minimum Gasteiger partial charge on any atom is -0.484 e. The summed E-state index contributed by atoms with van der Waals surface area (Å²) in [5, 5.41) is 0. The Labute approximate surface area is 130 Å². The van der Waals surface area contributed by atoms with Crippen LogP contribution in [0.4, 0.5) is 4.39 Å². The van der Waals surface area contributed by atoms with E-state index in [1.165, 1.54) is 24.3 Å². The molecule has 1 aromatic carbocycles. The van der Waals surface area contributed by atoms with Crippen LogP contribution in [0.3, 0.4) is 0 Å². The first-order valence-electron chi connectivity index (χ1n) is 6.81. The van der Waals surface area contributed by atoms with Gasteiger partial charge in [0.1, 0.15) is 23.9 Å². The number of ether oxygens (including phenoxy) is 2. The molecule has 0 saturated carbocycles. The lowest BCUT2D eigenvalue weighted by atomic mass is 10.3. The van der Waals surface area contributed by atoms with Crippen molar-refractivity contribution >= 4 is 17.6 Å². The van der Waals surface area contributed by atoms with E-state index in [0.29, 0.717) is 24.7 Å². The maximum atomic E-state index is 12.8. The van der Waals surface area contributed by atoms with E-state index in [2.05, 4.69) is 8.75 Å². The molecule has 1 aliphatic heterocycles. The van der Waals surface area contributed by atoms with Crippen LogP contribution in [0, 0.1) is 5.82 Å². The van der Waals surface area contributed by atoms with Crippen molar-refractivity contribution in [3.8, 4) is 11.6 Å². The molecule has 0 bridgehead atoms. The first-order chi connectivity index (χ1) is 10.7. The Balaban J connectivity index is 1.46. The van der Waals surface area contributed by atoms with Gasteiger partial charge in [0.05, 0.1) is 18.3 Å². The number of nitrogens with zero attached hydrogens (tertiary/aromatic N) is 3. The molecule has 1 aromatic heterocycles. The zero-order valence-corrected chi connectivity index (χ0v) is 12.5. The maximum absolute atomic E-state index is 12.8. The second-order valence-corrected chi connectivity index (χ2v) is 5.41. The summed E-state index contributed by atoms with van der Waals surface area (Å²) in [7, 11) is 0. The monoisotopic (exact) mass is 323 g/mol. The van der Waals surface area contributed by atoms with Crippen LogP contribution in [0.2, 0.25) is 0 Å². The largest absolute Gasteiger partial charge is 0.484 e. The molecule has 1 atom stereocenters. The van der Waals surface area contributed by atoms with Crippen LogP contribution < -0.4 is 9.47 Å². The molecule has 1 amide bonds. The molecule has 22 heavy (non-hydrogen) atoms. The topological polar surface area (TPSA) is 64.5 Å². The maximum Gasteiger partial charge on any atom is 0.260 e. The minimum absolute atomic E-state index is 0.0707. The number of carbonyl (C=O) groups is 1.